The molecule has 0 bridgehead atoms. The third-order valence-electron chi connectivity index (χ3n) is 5.16. The first-order chi connectivity index (χ1) is 14.1. The Bertz CT molecular complexity index is 379. The smallest absolute Gasteiger partial charge is 0.306 e. The van der Waals surface area contributed by atoms with E-state index in [9.17, 15) is 9.59 Å². The van der Waals surface area contributed by atoms with Crippen LogP contribution in [0.5, 0.6) is 0 Å². The number of hydrogen-bond acceptors (Lipinski definition) is 4. The number of carbonyl (C=O) groups excluding carboxylic acids is 2. The summed E-state index contributed by atoms with van der Waals surface area (Å²) >= 11 is 0. The molecule has 0 aliphatic rings. The van der Waals surface area contributed by atoms with E-state index in [0.717, 1.165) is 12.8 Å². The summed E-state index contributed by atoms with van der Waals surface area (Å²) in [7, 11) is 0. The average Bonchev–Trinajstić information content (AvgIpc) is 2.68. The van der Waals surface area contributed by atoms with Gasteiger partial charge in [0.15, 0.2) is 0 Å². The zero-order chi connectivity index (χ0) is 21.6. The molecule has 0 aliphatic carbocycles. The van der Waals surface area contributed by atoms with Crippen LogP contribution in [0.3, 0.4) is 0 Å². The molecule has 0 fully saturated rings. The molecule has 0 amide bonds. The Morgan fingerprint density at radius 1 is 0.586 bits per heavy atom. The van der Waals surface area contributed by atoms with Crippen LogP contribution in [0, 0.1) is 0 Å². The van der Waals surface area contributed by atoms with E-state index in [4.69, 9.17) is 9.47 Å². The summed E-state index contributed by atoms with van der Waals surface area (Å²) in [6.45, 7) is 6.34. The highest BCUT2D eigenvalue weighted by molar-refractivity contribution is 5.77. The molecule has 0 spiro atoms. The van der Waals surface area contributed by atoms with Crippen molar-refractivity contribution in [1.29, 1.82) is 0 Å². The molecule has 29 heavy (non-hydrogen) atoms. The molecular weight excluding hydrogens is 364 g/mol. The van der Waals surface area contributed by atoms with E-state index < -0.39 is 0 Å². The molecule has 0 aliphatic heterocycles. The van der Waals surface area contributed by atoms with Crippen molar-refractivity contribution in [3.05, 3.63) is 0 Å². The first kappa shape index (κ1) is 27.9. The summed E-state index contributed by atoms with van der Waals surface area (Å²) in [6, 6.07) is 0. The maximum atomic E-state index is 11.6. The second kappa shape index (κ2) is 21.6. The third-order valence-corrected chi connectivity index (χ3v) is 5.16. The summed E-state index contributed by atoms with van der Waals surface area (Å²) in [6.07, 6.45) is 21.4. The van der Waals surface area contributed by atoms with Crippen molar-refractivity contribution in [2.45, 2.75) is 142 Å². The van der Waals surface area contributed by atoms with E-state index in [2.05, 4.69) is 6.92 Å². The van der Waals surface area contributed by atoms with Gasteiger partial charge in [0.1, 0.15) is 0 Å². The van der Waals surface area contributed by atoms with Crippen LogP contribution in [0.4, 0.5) is 0 Å². The average molecular weight is 413 g/mol. The van der Waals surface area contributed by atoms with Gasteiger partial charge in [0, 0.05) is 0 Å². The van der Waals surface area contributed by atoms with Crippen molar-refractivity contribution in [3.63, 3.8) is 0 Å². The molecule has 0 radical (unpaired) electrons. The van der Waals surface area contributed by atoms with E-state index in [1.807, 2.05) is 0 Å². The Kier molecular flexibility index (Phi) is 20.9. The van der Waals surface area contributed by atoms with Crippen LogP contribution in [-0.2, 0) is 19.1 Å². The maximum absolute atomic E-state index is 11.6. The molecule has 4 nitrogen and oxygen atoms in total. The van der Waals surface area contributed by atoms with E-state index >= 15 is 0 Å². The standard InChI is InChI=1S/C25H48O4/c1-4-5-6-7-8-9-10-11-12-13-14-15-16-17-18-19-22-28-24(26)20-21-25(27)29-23(2)3/h23H,4-22H2,1-3H3. The Balaban J connectivity index is 3.20. The zero-order valence-electron chi connectivity index (χ0n) is 19.6. The van der Waals surface area contributed by atoms with Gasteiger partial charge in [-0.3, -0.25) is 9.59 Å². The molecule has 0 rings (SSSR count). The number of esters is 2. The van der Waals surface area contributed by atoms with Gasteiger partial charge in [-0.15, -0.1) is 0 Å². The second-order valence-electron chi connectivity index (χ2n) is 8.56. The van der Waals surface area contributed by atoms with E-state index in [1.165, 1.54) is 89.9 Å². The van der Waals surface area contributed by atoms with E-state index in [-0.39, 0.29) is 30.9 Å². The van der Waals surface area contributed by atoms with Crippen molar-refractivity contribution in [2.75, 3.05) is 6.61 Å². The minimum atomic E-state index is -0.334. The van der Waals surface area contributed by atoms with Crippen LogP contribution >= 0.6 is 0 Å². The Morgan fingerprint density at radius 2 is 0.966 bits per heavy atom. The van der Waals surface area contributed by atoms with Crippen LogP contribution < -0.4 is 0 Å². The molecule has 0 saturated heterocycles. The fourth-order valence-corrected chi connectivity index (χ4v) is 3.43. The first-order valence-corrected chi connectivity index (χ1v) is 12.4. The largest absolute Gasteiger partial charge is 0.466 e. The highest BCUT2D eigenvalue weighted by atomic mass is 16.5. The van der Waals surface area contributed by atoms with Crippen LogP contribution in [0.25, 0.3) is 0 Å². The number of rotatable bonds is 21. The Hall–Kier alpha value is -1.06. The van der Waals surface area contributed by atoms with Crippen LogP contribution in [-0.4, -0.2) is 24.6 Å². The van der Waals surface area contributed by atoms with Gasteiger partial charge >= 0.3 is 11.9 Å². The normalized spacial score (nSPS) is 11.0. The highest BCUT2D eigenvalue weighted by Gasteiger charge is 2.10. The molecule has 0 saturated carbocycles. The van der Waals surface area contributed by atoms with Crippen molar-refractivity contribution in [2.24, 2.45) is 0 Å². The van der Waals surface area contributed by atoms with Crippen LogP contribution in [0.15, 0.2) is 0 Å². The van der Waals surface area contributed by atoms with E-state index in [0.29, 0.717) is 6.61 Å². The summed E-state index contributed by atoms with van der Waals surface area (Å²) in [5.41, 5.74) is 0. The maximum Gasteiger partial charge on any atom is 0.306 e. The summed E-state index contributed by atoms with van der Waals surface area (Å²) in [4.78, 5) is 22.9. The van der Waals surface area contributed by atoms with Gasteiger partial charge in [-0.2, -0.15) is 0 Å². The summed E-state index contributed by atoms with van der Waals surface area (Å²) < 4.78 is 10.2. The molecule has 0 aromatic carbocycles. The van der Waals surface area contributed by atoms with Crippen molar-refractivity contribution in [1.82, 2.24) is 0 Å². The van der Waals surface area contributed by atoms with E-state index in [1.54, 1.807) is 13.8 Å². The lowest BCUT2D eigenvalue weighted by atomic mass is 10.0. The predicted molar refractivity (Wildman–Crippen MR) is 121 cm³/mol. The zero-order valence-corrected chi connectivity index (χ0v) is 19.6. The number of carbonyl (C=O) groups is 2. The lowest BCUT2D eigenvalue weighted by Crippen LogP contribution is -2.14. The van der Waals surface area contributed by atoms with Crippen molar-refractivity contribution in [3.8, 4) is 0 Å². The minimum Gasteiger partial charge on any atom is -0.466 e. The molecule has 0 heterocycles. The Labute approximate surface area is 180 Å². The Morgan fingerprint density at radius 3 is 1.38 bits per heavy atom. The van der Waals surface area contributed by atoms with Crippen molar-refractivity contribution < 1.29 is 19.1 Å². The molecule has 0 atom stereocenters. The van der Waals surface area contributed by atoms with Crippen LogP contribution in [0.1, 0.15) is 136 Å². The molecule has 172 valence electrons. The first-order valence-electron chi connectivity index (χ1n) is 12.4. The number of hydrogen-bond donors (Lipinski definition) is 0. The van der Waals surface area contributed by atoms with Gasteiger partial charge in [-0.1, -0.05) is 103 Å². The molecule has 4 heteroatoms. The SMILES string of the molecule is CCCCCCCCCCCCCCCCCCOC(=O)CCC(=O)OC(C)C. The topological polar surface area (TPSA) is 52.6 Å². The van der Waals surface area contributed by atoms with Gasteiger partial charge in [-0.25, -0.2) is 0 Å². The predicted octanol–water partition coefficient (Wildman–Crippen LogP) is 7.52. The van der Waals surface area contributed by atoms with Crippen molar-refractivity contribution >= 4 is 11.9 Å². The highest BCUT2D eigenvalue weighted by Crippen LogP contribution is 2.13. The molecule has 0 aromatic rings. The van der Waals surface area contributed by atoms with Crippen LogP contribution in [0.2, 0.25) is 0 Å². The molecule has 0 unspecified atom stereocenters. The second-order valence-corrected chi connectivity index (χ2v) is 8.56. The quantitative estimate of drug-likeness (QED) is 0.144. The van der Waals surface area contributed by atoms with Gasteiger partial charge < -0.3 is 9.47 Å². The summed E-state index contributed by atoms with van der Waals surface area (Å²) in [5, 5.41) is 0. The number of ether oxygens (including phenoxy) is 2. The third kappa shape index (κ3) is 23.1. The fourth-order valence-electron chi connectivity index (χ4n) is 3.43. The number of unbranched alkanes of at least 4 members (excludes halogenated alkanes) is 15. The lowest BCUT2D eigenvalue weighted by molar-refractivity contribution is -0.152. The van der Waals surface area contributed by atoms with Gasteiger partial charge in [0.25, 0.3) is 0 Å². The van der Waals surface area contributed by atoms with Gasteiger partial charge in [0.05, 0.1) is 25.6 Å². The molecular formula is C25H48O4. The van der Waals surface area contributed by atoms with Gasteiger partial charge in [-0.05, 0) is 20.3 Å². The minimum absolute atomic E-state index is 0.107. The molecule has 0 aromatic heterocycles. The molecule has 0 N–H and O–H groups in total. The summed E-state index contributed by atoms with van der Waals surface area (Å²) in [5.74, 6) is -0.633. The lowest BCUT2D eigenvalue weighted by Gasteiger charge is -2.08. The van der Waals surface area contributed by atoms with Gasteiger partial charge in [0.2, 0.25) is 0 Å². The fraction of sp³-hybridized carbons (Fsp3) is 0.920. The monoisotopic (exact) mass is 412 g/mol.